The summed E-state index contributed by atoms with van der Waals surface area (Å²) in [4.78, 5) is 37.0. The molecule has 0 radical (unpaired) electrons. The number of nitrogen functional groups attached to an aromatic ring is 1. The fourth-order valence-electron chi connectivity index (χ4n) is 4.12. The van der Waals surface area contributed by atoms with E-state index in [1.165, 1.54) is 13.4 Å². The van der Waals surface area contributed by atoms with Gasteiger partial charge in [-0.2, -0.15) is 5.10 Å². The number of amides is 1. The van der Waals surface area contributed by atoms with Gasteiger partial charge in [-0.3, -0.25) is 9.59 Å². The summed E-state index contributed by atoms with van der Waals surface area (Å²) in [7, 11) is 3.63. The van der Waals surface area contributed by atoms with Gasteiger partial charge >= 0.3 is 0 Å². The smallest absolute Gasteiger partial charge is 0.256 e. The van der Waals surface area contributed by atoms with Gasteiger partial charge in [-0.15, -0.1) is 0 Å². The first-order valence-corrected chi connectivity index (χ1v) is 11.9. The number of fused-ring (bicyclic) bond motifs is 1. The zero-order valence-electron chi connectivity index (χ0n) is 21.2. The molecule has 1 aromatic carbocycles. The number of pyridine rings is 1. The van der Waals surface area contributed by atoms with Crippen LogP contribution in [-0.4, -0.2) is 75.7 Å². The number of carbonyl (C=O) groups is 2. The molecule has 0 saturated carbocycles. The Kier molecular flexibility index (Phi) is 8.71. The van der Waals surface area contributed by atoms with Crippen LogP contribution in [0.2, 0.25) is 0 Å². The summed E-state index contributed by atoms with van der Waals surface area (Å²) >= 11 is 0. The molecule has 1 saturated heterocycles. The van der Waals surface area contributed by atoms with Crippen molar-refractivity contribution < 1.29 is 14.3 Å². The standard InChI is InChI=1S/C22H22N8O.C5H6O2/c1-29-11-9-16(12-29)30-21-18(20(23)25-13-26-21)19(28-30)14-5-7-15(8-6-14)22(31)27-17-4-2-3-10-24-17;1-7-5-3-2-4-6/h2-8,10,13,16H,9,11-12H2,1H3,(H2,23,25,26)(H,24,27,31);4H,5H2,1H3. The molecule has 3 aromatic heterocycles. The number of hydrogen-bond donors (Lipinski definition) is 2. The van der Waals surface area contributed by atoms with Crippen LogP contribution >= 0.6 is 0 Å². The molecule has 4 aromatic rings. The second kappa shape index (κ2) is 12.5. The molecule has 11 heteroatoms. The van der Waals surface area contributed by atoms with Crippen LogP contribution in [0.25, 0.3) is 22.3 Å². The van der Waals surface area contributed by atoms with Crippen molar-refractivity contribution in [1.29, 1.82) is 0 Å². The van der Waals surface area contributed by atoms with Crippen molar-refractivity contribution in [1.82, 2.24) is 29.6 Å². The number of benzene rings is 1. The molecule has 1 aliphatic rings. The lowest BCUT2D eigenvalue weighted by Crippen LogP contribution is -2.17. The second-order valence-corrected chi connectivity index (χ2v) is 8.57. The summed E-state index contributed by atoms with van der Waals surface area (Å²) in [5.74, 6) is 5.32. The summed E-state index contributed by atoms with van der Waals surface area (Å²) in [6, 6.07) is 12.9. The van der Waals surface area contributed by atoms with Gasteiger partial charge in [-0.1, -0.05) is 24.1 Å². The fourth-order valence-corrected chi connectivity index (χ4v) is 4.12. The van der Waals surface area contributed by atoms with Crippen LogP contribution in [0.4, 0.5) is 11.6 Å². The maximum atomic E-state index is 12.5. The van der Waals surface area contributed by atoms with E-state index < -0.39 is 0 Å². The fraction of sp³-hybridized carbons (Fsp3) is 0.259. The molecule has 1 atom stereocenters. The molecule has 1 amide bonds. The van der Waals surface area contributed by atoms with Gasteiger partial charge in [-0.25, -0.2) is 19.6 Å². The molecule has 0 spiro atoms. The van der Waals surface area contributed by atoms with Crippen LogP contribution in [0.5, 0.6) is 0 Å². The first kappa shape index (κ1) is 26.4. The van der Waals surface area contributed by atoms with E-state index in [0.717, 1.165) is 41.8 Å². The van der Waals surface area contributed by atoms with Crippen molar-refractivity contribution >= 4 is 34.9 Å². The summed E-state index contributed by atoms with van der Waals surface area (Å²) in [5, 5.41) is 8.40. The van der Waals surface area contributed by atoms with Crippen molar-refractivity contribution in [2.75, 3.05) is 44.9 Å². The number of aldehydes is 1. The quantitative estimate of drug-likeness (QED) is 0.305. The normalized spacial score (nSPS) is 14.7. The van der Waals surface area contributed by atoms with Crippen LogP contribution in [0.15, 0.2) is 55.0 Å². The Morgan fingerprint density at radius 3 is 2.68 bits per heavy atom. The number of aromatic nitrogens is 5. The molecular formula is C27H28N8O3. The van der Waals surface area contributed by atoms with E-state index in [2.05, 4.69) is 48.8 Å². The number of methoxy groups -OCH3 is 1. The maximum Gasteiger partial charge on any atom is 0.256 e. The number of nitrogens with zero attached hydrogens (tertiary/aromatic N) is 6. The highest BCUT2D eigenvalue weighted by atomic mass is 16.5. The molecule has 194 valence electrons. The second-order valence-electron chi connectivity index (χ2n) is 8.57. The summed E-state index contributed by atoms with van der Waals surface area (Å²) in [6.45, 7) is 2.26. The molecule has 11 nitrogen and oxygen atoms in total. The Balaban J connectivity index is 0.000000426. The molecule has 4 heterocycles. The van der Waals surface area contributed by atoms with Gasteiger partial charge in [0, 0.05) is 37.5 Å². The van der Waals surface area contributed by atoms with Crippen molar-refractivity contribution in [3.8, 4) is 23.1 Å². The number of rotatable bonds is 5. The van der Waals surface area contributed by atoms with E-state index in [0.29, 0.717) is 30.1 Å². The van der Waals surface area contributed by atoms with Crippen LogP contribution in [0.1, 0.15) is 22.8 Å². The zero-order chi connectivity index (χ0) is 26.9. The Morgan fingerprint density at radius 1 is 1.21 bits per heavy atom. The highest BCUT2D eigenvalue weighted by Crippen LogP contribution is 2.33. The van der Waals surface area contributed by atoms with Gasteiger partial charge in [-0.05, 0) is 43.7 Å². The summed E-state index contributed by atoms with van der Waals surface area (Å²) in [6.07, 6.45) is 4.65. The van der Waals surface area contributed by atoms with Crippen molar-refractivity contribution in [3.05, 3.63) is 60.6 Å². The lowest BCUT2D eigenvalue weighted by molar-refractivity contribution is -0.103. The third kappa shape index (κ3) is 6.18. The Morgan fingerprint density at radius 2 is 2.03 bits per heavy atom. The van der Waals surface area contributed by atoms with Gasteiger partial charge in [0.2, 0.25) is 0 Å². The predicted molar refractivity (Wildman–Crippen MR) is 144 cm³/mol. The van der Waals surface area contributed by atoms with Crippen molar-refractivity contribution in [3.63, 3.8) is 0 Å². The average molecular weight is 513 g/mol. The number of hydrogen-bond acceptors (Lipinski definition) is 9. The molecule has 0 bridgehead atoms. The predicted octanol–water partition coefficient (Wildman–Crippen LogP) is 2.43. The van der Waals surface area contributed by atoms with E-state index in [4.69, 9.17) is 10.8 Å². The van der Waals surface area contributed by atoms with E-state index in [9.17, 15) is 9.59 Å². The molecular weight excluding hydrogens is 484 g/mol. The number of anilines is 2. The van der Waals surface area contributed by atoms with Gasteiger partial charge < -0.3 is 20.7 Å². The molecule has 0 aliphatic carbocycles. The number of ether oxygens (including phenoxy) is 1. The summed E-state index contributed by atoms with van der Waals surface area (Å²) < 4.78 is 6.48. The zero-order valence-corrected chi connectivity index (χ0v) is 21.2. The number of carbonyl (C=O) groups excluding carboxylic acids is 2. The third-order valence-electron chi connectivity index (χ3n) is 5.93. The minimum absolute atomic E-state index is 0.225. The number of likely N-dealkylation sites (N-methyl/N-ethyl adjacent to an activating group) is 1. The minimum Gasteiger partial charge on any atom is -0.383 e. The number of nitrogens with two attached hydrogens (primary N) is 1. The van der Waals surface area contributed by atoms with Gasteiger partial charge in [0.05, 0.1) is 11.4 Å². The van der Waals surface area contributed by atoms with Gasteiger partial charge in [0.1, 0.15) is 30.3 Å². The molecule has 38 heavy (non-hydrogen) atoms. The van der Waals surface area contributed by atoms with Crippen molar-refractivity contribution in [2.24, 2.45) is 0 Å². The minimum atomic E-state index is -0.225. The number of nitrogens with one attached hydrogen (secondary N) is 1. The van der Waals surface area contributed by atoms with Gasteiger partial charge in [0.15, 0.2) is 11.9 Å². The Labute approximate surface area is 220 Å². The van der Waals surface area contributed by atoms with Crippen LogP contribution in [0.3, 0.4) is 0 Å². The molecule has 3 N–H and O–H groups in total. The molecule has 1 unspecified atom stereocenters. The maximum absolute atomic E-state index is 12.5. The summed E-state index contributed by atoms with van der Waals surface area (Å²) in [5.41, 5.74) is 9.05. The van der Waals surface area contributed by atoms with E-state index >= 15 is 0 Å². The highest BCUT2D eigenvalue weighted by molar-refractivity contribution is 6.04. The van der Waals surface area contributed by atoms with Crippen LogP contribution in [0, 0.1) is 11.8 Å². The molecule has 1 aliphatic heterocycles. The third-order valence-corrected chi connectivity index (χ3v) is 5.93. The number of likely N-dealkylation sites (tertiary alicyclic amines) is 1. The monoisotopic (exact) mass is 512 g/mol. The average Bonchev–Trinajstić information content (AvgIpc) is 3.54. The van der Waals surface area contributed by atoms with Crippen LogP contribution < -0.4 is 11.1 Å². The SMILES string of the molecule is CN1CCC(n2nc(-c3ccc(C(=O)Nc4ccccn4)cc3)c3c(N)ncnc32)C1.COCC#CC=O. The first-order chi connectivity index (χ1) is 18.5. The van der Waals surface area contributed by atoms with Gasteiger partial charge in [0.25, 0.3) is 5.91 Å². The lowest BCUT2D eigenvalue weighted by atomic mass is 10.1. The van der Waals surface area contributed by atoms with E-state index in [1.807, 2.05) is 22.9 Å². The molecule has 1 fully saturated rings. The topological polar surface area (TPSA) is 141 Å². The largest absolute Gasteiger partial charge is 0.383 e. The first-order valence-electron chi connectivity index (χ1n) is 11.9. The lowest BCUT2D eigenvalue weighted by Gasteiger charge is -2.11. The highest BCUT2D eigenvalue weighted by Gasteiger charge is 2.26. The van der Waals surface area contributed by atoms with E-state index in [-0.39, 0.29) is 11.9 Å². The van der Waals surface area contributed by atoms with E-state index in [1.54, 1.807) is 30.5 Å². The van der Waals surface area contributed by atoms with Crippen molar-refractivity contribution in [2.45, 2.75) is 12.5 Å². The Hall–Kier alpha value is -4.66. The van der Waals surface area contributed by atoms with Crippen LogP contribution in [-0.2, 0) is 9.53 Å². The molecule has 5 rings (SSSR count). The Bertz CT molecular complexity index is 1460.